The summed E-state index contributed by atoms with van der Waals surface area (Å²) in [6.07, 6.45) is 4.49. The molecule has 3 aromatic rings. The number of amides is 2. The van der Waals surface area contributed by atoms with E-state index in [1.54, 1.807) is 7.11 Å². The summed E-state index contributed by atoms with van der Waals surface area (Å²) >= 11 is 12.6. The molecule has 9 heteroatoms. The zero-order valence-corrected chi connectivity index (χ0v) is 26.2. The summed E-state index contributed by atoms with van der Waals surface area (Å²) in [5.74, 6) is 1.88. The molecule has 6 rings (SSSR count). The standard InChI is InChI=1S/C34H38Cl2N4O3/c1-3-43-30-22-28(42-2)14-15-29(30)33-37-31(23-6-10-25(35)11-7-23)32(24-8-12-26(36)13-9-24)40(33)34(41)39-20-16-27(17-21-39)38-18-4-5-19-38/h6-15,22,27,31-32H,3-5,16-21H2,1-2H3. The van der Waals surface area contributed by atoms with Gasteiger partial charge >= 0.3 is 6.03 Å². The van der Waals surface area contributed by atoms with Crippen molar-refractivity contribution in [2.24, 2.45) is 4.99 Å². The van der Waals surface area contributed by atoms with Gasteiger partial charge in [-0.15, -0.1) is 0 Å². The number of halogens is 2. The third-order valence-corrected chi connectivity index (χ3v) is 9.32. The van der Waals surface area contributed by atoms with Crippen LogP contribution >= 0.6 is 23.2 Å². The minimum atomic E-state index is -0.395. The highest BCUT2D eigenvalue weighted by Gasteiger charge is 2.45. The largest absolute Gasteiger partial charge is 0.497 e. The van der Waals surface area contributed by atoms with Gasteiger partial charge in [-0.25, -0.2) is 4.79 Å². The van der Waals surface area contributed by atoms with E-state index in [4.69, 9.17) is 37.7 Å². The molecule has 7 nitrogen and oxygen atoms in total. The molecule has 0 radical (unpaired) electrons. The highest BCUT2D eigenvalue weighted by molar-refractivity contribution is 6.30. The number of ether oxygens (including phenoxy) is 2. The van der Waals surface area contributed by atoms with Crippen molar-refractivity contribution in [3.63, 3.8) is 0 Å². The molecule has 3 aliphatic rings. The van der Waals surface area contributed by atoms with Gasteiger partial charge in [0.2, 0.25) is 0 Å². The highest BCUT2D eigenvalue weighted by Crippen LogP contribution is 2.46. The van der Waals surface area contributed by atoms with Gasteiger partial charge in [0.05, 0.1) is 25.3 Å². The Balaban J connectivity index is 1.43. The average Bonchev–Trinajstić information content (AvgIpc) is 3.71. The first kappa shape index (κ1) is 29.8. The number of nitrogens with zero attached hydrogens (tertiary/aromatic N) is 4. The molecule has 2 saturated heterocycles. The van der Waals surface area contributed by atoms with E-state index in [2.05, 4.69) is 4.90 Å². The number of carbonyl (C=O) groups excluding carboxylic acids is 1. The Morgan fingerprint density at radius 1 is 0.884 bits per heavy atom. The zero-order chi connectivity index (χ0) is 29.9. The molecule has 2 atom stereocenters. The van der Waals surface area contributed by atoms with Gasteiger partial charge in [-0.2, -0.15) is 0 Å². The minimum Gasteiger partial charge on any atom is -0.497 e. The van der Waals surface area contributed by atoms with Gasteiger partial charge in [0, 0.05) is 35.2 Å². The van der Waals surface area contributed by atoms with Gasteiger partial charge in [-0.1, -0.05) is 47.5 Å². The summed E-state index contributed by atoms with van der Waals surface area (Å²) in [5.41, 5.74) is 2.67. The number of urea groups is 1. The van der Waals surface area contributed by atoms with Crippen LogP contribution in [0.25, 0.3) is 0 Å². The van der Waals surface area contributed by atoms with Crippen molar-refractivity contribution < 1.29 is 14.3 Å². The summed E-state index contributed by atoms with van der Waals surface area (Å²) in [5, 5.41) is 1.29. The predicted molar refractivity (Wildman–Crippen MR) is 172 cm³/mol. The third-order valence-electron chi connectivity index (χ3n) is 8.82. The van der Waals surface area contributed by atoms with E-state index in [0.717, 1.165) is 29.5 Å². The van der Waals surface area contributed by atoms with Crippen molar-refractivity contribution in [2.75, 3.05) is 39.9 Å². The fourth-order valence-corrected chi connectivity index (χ4v) is 6.88. The number of methoxy groups -OCH3 is 1. The number of carbonyl (C=O) groups is 1. The molecule has 2 unspecified atom stereocenters. The van der Waals surface area contributed by atoms with Crippen LogP contribution in [0, 0.1) is 0 Å². The Hall–Kier alpha value is -3.26. The molecule has 2 fully saturated rings. The number of hydrogen-bond donors (Lipinski definition) is 0. The van der Waals surface area contributed by atoms with Crippen LogP contribution in [-0.2, 0) is 0 Å². The van der Waals surface area contributed by atoms with Crippen molar-refractivity contribution in [3.05, 3.63) is 93.5 Å². The zero-order valence-electron chi connectivity index (χ0n) is 24.7. The molecule has 226 valence electrons. The van der Waals surface area contributed by atoms with E-state index < -0.39 is 6.04 Å². The number of amidine groups is 1. The monoisotopic (exact) mass is 620 g/mol. The maximum atomic E-state index is 14.7. The number of piperidine rings is 1. The Morgan fingerprint density at radius 3 is 2.12 bits per heavy atom. The first-order chi connectivity index (χ1) is 21.0. The van der Waals surface area contributed by atoms with Crippen molar-refractivity contribution in [2.45, 2.75) is 50.7 Å². The summed E-state index contributed by atoms with van der Waals surface area (Å²) in [6, 6.07) is 20.9. The number of likely N-dealkylation sites (tertiary alicyclic amines) is 2. The quantitative estimate of drug-likeness (QED) is 0.272. The molecular formula is C34H38Cl2N4O3. The normalized spacial score (nSPS) is 21.3. The van der Waals surface area contributed by atoms with E-state index in [1.165, 1.54) is 25.9 Å². The topological polar surface area (TPSA) is 57.6 Å². The van der Waals surface area contributed by atoms with Gasteiger partial charge in [0.1, 0.15) is 23.4 Å². The molecule has 0 N–H and O–H groups in total. The molecule has 3 heterocycles. The number of rotatable bonds is 7. The molecule has 0 aliphatic carbocycles. The number of aliphatic imine (C=N–C) groups is 1. The summed E-state index contributed by atoms with van der Waals surface area (Å²) < 4.78 is 11.6. The Morgan fingerprint density at radius 2 is 1.51 bits per heavy atom. The molecular weight excluding hydrogens is 583 g/mol. The van der Waals surface area contributed by atoms with Crippen LogP contribution in [0.3, 0.4) is 0 Å². The molecule has 2 amide bonds. The second-order valence-electron chi connectivity index (χ2n) is 11.4. The maximum absolute atomic E-state index is 14.7. The highest BCUT2D eigenvalue weighted by atomic mass is 35.5. The van der Waals surface area contributed by atoms with Crippen molar-refractivity contribution in [1.82, 2.24) is 14.7 Å². The van der Waals surface area contributed by atoms with Crippen LogP contribution in [0.15, 0.2) is 71.7 Å². The lowest BCUT2D eigenvalue weighted by molar-refractivity contribution is 0.117. The van der Waals surface area contributed by atoms with E-state index in [9.17, 15) is 4.79 Å². The SMILES string of the molecule is CCOc1cc(OC)ccc1C1=NC(c2ccc(Cl)cc2)C(c2ccc(Cl)cc2)N1C(=O)N1CCC(N2CCCC2)CC1. The molecule has 0 spiro atoms. The van der Waals surface area contributed by atoms with Gasteiger partial charge < -0.3 is 19.3 Å². The van der Waals surface area contributed by atoms with Crippen LogP contribution in [-0.4, -0.2) is 72.5 Å². The van der Waals surface area contributed by atoms with Crippen LogP contribution in [0.5, 0.6) is 11.5 Å². The van der Waals surface area contributed by atoms with Crippen molar-refractivity contribution >= 4 is 35.1 Å². The van der Waals surface area contributed by atoms with Gasteiger partial charge in [-0.3, -0.25) is 9.89 Å². The minimum absolute atomic E-state index is 0.0479. The van der Waals surface area contributed by atoms with Crippen molar-refractivity contribution in [3.8, 4) is 11.5 Å². The fraction of sp³-hybridized carbons (Fsp3) is 0.412. The molecule has 3 aromatic carbocycles. The van der Waals surface area contributed by atoms with E-state index >= 15 is 0 Å². The third kappa shape index (κ3) is 6.21. The van der Waals surface area contributed by atoms with E-state index in [0.29, 0.717) is 53.1 Å². The first-order valence-electron chi connectivity index (χ1n) is 15.2. The molecule has 0 bridgehead atoms. The summed E-state index contributed by atoms with van der Waals surface area (Å²) in [7, 11) is 1.63. The second-order valence-corrected chi connectivity index (χ2v) is 12.2. The van der Waals surface area contributed by atoms with Crippen LogP contribution in [0.2, 0.25) is 10.0 Å². The van der Waals surface area contributed by atoms with Gasteiger partial charge in [0.15, 0.2) is 0 Å². The molecule has 0 saturated carbocycles. The Bertz CT molecular complexity index is 1450. The smallest absolute Gasteiger partial charge is 0.326 e. The predicted octanol–water partition coefficient (Wildman–Crippen LogP) is 7.63. The maximum Gasteiger partial charge on any atom is 0.326 e. The second kappa shape index (κ2) is 13.2. The lowest BCUT2D eigenvalue weighted by Crippen LogP contribution is -2.52. The molecule has 3 aliphatic heterocycles. The van der Waals surface area contributed by atoms with E-state index in [1.807, 2.05) is 83.5 Å². The summed E-state index contributed by atoms with van der Waals surface area (Å²) in [6.45, 7) is 6.17. The lowest BCUT2D eigenvalue weighted by Gasteiger charge is -2.40. The number of hydrogen-bond acceptors (Lipinski definition) is 5. The Labute approximate surface area is 264 Å². The van der Waals surface area contributed by atoms with Crippen LogP contribution in [0.4, 0.5) is 4.79 Å². The van der Waals surface area contributed by atoms with E-state index in [-0.39, 0.29) is 12.1 Å². The molecule has 43 heavy (non-hydrogen) atoms. The Kier molecular flexibility index (Phi) is 9.12. The average molecular weight is 622 g/mol. The first-order valence-corrected chi connectivity index (χ1v) is 15.9. The van der Waals surface area contributed by atoms with Crippen molar-refractivity contribution in [1.29, 1.82) is 0 Å². The van der Waals surface area contributed by atoms with Gasteiger partial charge in [0.25, 0.3) is 0 Å². The summed E-state index contributed by atoms with van der Waals surface area (Å²) in [4.78, 5) is 26.5. The van der Waals surface area contributed by atoms with Crippen LogP contribution in [0.1, 0.15) is 61.4 Å². The lowest BCUT2D eigenvalue weighted by atomic mass is 9.93. The van der Waals surface area contributed by atoms with Crippen LogP contribution < -0.4 is 9.47 Å². The molecule has 0 aromatic heterocycles. The fourth-order valence-electron chi connectivity index (χ4n) is 6.63. The van der Waals surface area contributed by atoms with Gasteiger partial charge in [-0.05, 0) is 93.2 Å². The number of benzene rings is 3.